The average Bonchev–Trinajstić information content (AvgIpc) is 1.50. The van der Waals surface area contributed by atoms with Crippen molar-refractivity contribution < 1.29 is 4.74 Å². The van der Waals surface area contributed by atoms with Crippen molar-refractivity contribution in [2.24, 2.45) is 0 Å². The van der Waals surface area contributed by atoms with Gasteiger partial charge in [-0.05, 0) is 123 Å². The molecule has 0 unspecified atom stereocenters. The normalized spacial score (nSPS) is 12.7. The Kier molecular flexibility index (Phi) is 17.1. The fraction of sp³-hybridized carbons (Fsp3) is 0.0185. The fourth-order valence-electron chi connectivity index (χ4n) is 18.7. The molecule has 6 heterocycles. The number of hydrogen-bond acceptors (Lipinski definition) is 10. The van der Waals surface area contributed by atoms with Crippen LogP contribution in [0.3, 0.4) is 0 Å². The van der Waals surface area contributed by atoms with Crippen LogP contribution in [0.4, 0.5) is 11.4 Å². The molecule has 14 heteroatoms. The highest BCUT2D eigenvalue weighted by Crippen LogP contribution is 2.64. The number of rotatable bonds is 10. The van der Waals surface area contributed by atoms with E-state index in [-0.39, 0.29) is 0 Å². The molecule has 3 aliphatic rings. The molecule has 16 aromatic carbocycles. The number of ether oxygens (including phenoxy) is 1. The zero-order chi connectivity index (χ0) is 81.6. The van der Waals surface area contributed by atoms with Gasteiger partial charge in [0.2, 0.25) is 11.4 Å². The first kappa shape index (κ1) is 71.8. The molecular weight excluding hydrogens is 1510 g/mol. The van der Waals surface area contributed by atoms with Crippen LogP contribution in [0, 0.1) is 35.8 Å². The maximum Gasteiger partial charge on any atom is 0.212 e. The molecule has 0 atom stereocenters. The lowest BCUT2D eigenvalue weighted by Gasteiger charge is -2.41. The number of nitriles is 2. The van der Waals surface area contributed by atoms with Crippen LogP contribution in [0.25, 0.3) is 144 Å². The Morgan fingerprint density at radius 3 is 1.11 bits per heavy atom. The van der Waals surface area contributed by atoms with E-state index < -0.39 is 10.8 Å². The minimum Gasteiger partial charge on any atom is -0.457 e. The second-order valence-electron chi connectivity index (χ2n) is 30.3. The van der Waals surface area contributed by atoms with Gasteiger partial charge in [-0.3, -0.25) is 0 Å². The predicted molar refractivity (Wildman–Crippen MR) is 483 cm³/mol. The minimum atomic E-state index is -0.766. The van der Waals surface area contributed by atoms with Gasteiger partial charge in [0.05, 0.1) is 80.7 Å². The molecular formula is C108H62N12OS. The highest BCUT2D eigenvalue weighted by atomic mass is 32.2. The van der Waals surface area contributed by atoms with E-state index in [9.17, 15) is 10.5 Å². The summed E-state index contributed by atoms with van der Waals surface area (Å²) < 4.78 is 10.8. The lowest BCUT2D eigenvalue weighted by Crippen LogP contribution is -2.34. The van der Waals surface area contributed by atoms with E-state index in [1.54, 1.807) is 12.1 Å². The lowest BCUT2D eigenvalue weighted by atomic mass is 9.63. The van der Waals surface area contributed by atoms with E-state index in [4.69, 9.17) is 47.8 Å². The molecule has 1 aliphatic carbocycles. The first-order chi connectivity index (χ1) is 60.3. The quantitative estimate of drug-likeness (QED) is 0.121. The van der Waals surface area contributed by atoms with Crippen molar-refractivity contribution in [2.45, 2.75) is 20.6 Å². The van der Waals surface area contributed by atoms with E-state index in [0.717, 1.165) is 99.6 Å². The van der Waals surface area contributed by atoms with Crippen molar-refractivity contribution in [1.29, 1.82) is 10.5 Å². The van der Waals surface area contributed by atoms with Crippen LogP contribution in [-0.4, -0.2) is 39.0 Å². The standard InChI is InChI=1S/C54H32N6O.C54H30N6S/c1-56-45-32-37(53-58-51(35-17-5-2-6-18-35)57-52(59-53)36-19-7-3-8-20-36)31-38(34-55)50(45)60-46-26-14-11-23-41(46)42-30-29-40(33-47(42)60)54(39-21-9-4-10-22-39)43-24-12-15-27-48(43)61-49-28-16-13-25-44(49)54;1-56-45-29-35(53-58-51(33-16-4-2-5-17-33)57-52(59-53)34-18-6-3-7-19-34)28-36(32-55)50(45)60-46-25-13-9-21-38(46)40-30-39-37-20-8-10-22-41(37)54(44(39)31-47(40)60)42-23-11-14-26-48(42)61-49-27-15-12-24-43(49)54/h2-33H;2-31H. The topological polar surface area (TPSA) is 153 Å². The molecule has 23 rings (SSSR count). The Balaban J connectivity index is 0.000000146. The zero-order valence-corrected chi connectivity index (χ0v) is 65.8. The van der Waals surface area contributed by atoms with E-state index in [1.807, 2.05) is 200 Å². The van der Waals surface area contributed by atoms with Crippen LogP contribution in [0.5, 0.6) is 11.5 Å². The monoisotopic (exact) mass is 1570 g/mol. The summed E-state index contributed by atoms with van der Waals surface area (Å²) in [6, 6.07) is 132. The largest absolute Gasteiger partial charge is 0.457 e. The Bertz CT molecular complexity index is 7530. The third kappa shape index (κ3) is 11.3. The third-order valence-corrected chi connectivity index (χ3v) is 24.9. The van der Waals surface area contributed by atoms with Crippen molar-refractivity contribution in [2.75, 3.05) is 0 Å². The third-order valence-electron chi connectivity index (χ3n) is 23.8. The van der Waals surface area contributed by atoms with Crippen molar-refractivity contribution >= 4 is 66.7 Å². The molecule has 0 saturated heterocycles. The summed E-state index contributed by atoms with van der Waals surface area (Å²) in [6.07, 6.45) is 0. The van der Waals surface area contributed by atoms with E-state index in [1.165, 1.54) is 43.2 Å². The van der Waals surface area contributed by atoms with Crippen LogP contribution >= 0.6 is 11.8 Å². The van der Waals surface area contributed by atoms with Crippen molar-refractivity contribution in [1.82, 2.24) is 39.0 Å². The van der Waals surface area contributed by atoms with Gasteiger partial charge >= 0.3 is 0 Å². The summed E-state index contributed by atoms with van der Waals surface area (Å²) in [5.74, 6) is 4.32. The Morgan fingerprint density at radius 1 is 0.287 bits per heavy atom. The van der Waals surface area contributed by atoms with Gasteiger partial charge < -0.3 is 13.9 Å². The maximum atomic E-state index is 11.1. The summed E-state index contributed by atoms with van der Waals surface area (Å²) in [4.78, 5) is 40.2. The molecule has 0 radical (unpaired) electrons. The van der Waals surface area contributed by atoms with Gasteiger partial charge in [-0.1, -0.05) is 309 Å². The van der Waals surface area contributed by atoms with Crippen LogP contribution in [-0.2, 0) is 10.8 Å². The Morgan fingerprint density at radius 2 is 0.656 bits per heavy atom. The molecule has 0 bridgehead atoms. The first-order valence-electron chi connectivity index (χ1n) is 40.0. The van der Waals surface area contributed by atoms with Crippen molar-refractivity contribution in [3.8, 4) is 114 Å². The van der Waals surface area contributed by atoms with Crippen LogP contribution in [0.1, 0.15) is 55.6 Å². The zero-order valence-electron chi connectivity index (χ0n) is 65.0. The Hall–Kier alpha value is -16.8. The van der Waals surface area contributed by atoms with Crippen LogP contribution in [0.15, 0.2) is 386 Å². The first-order valence-corrected chi connectivity index (χ1v) is 40.8. The molecule has 0 saturated carbocycles. The van der Waals surface area contributed by atoms with Crippen LogP contribution in [0.2, 0.25) is 0 Å². The van der Waals surface area contributed by atoms with Crippen molar-refractivity contribution in [3.63, 3.8) is 0 Å². The summed E-state index contributed by atoms with van der Waals surface area (Å²) >= 11 is 1.82. The number of nitrogens with zero attached hydrogens (tertiary/aromatic N) is 12. The Labute approximate surface area is 706 Å². The molecule has 2 aliphatic heterocycles. The molecule has 1 spiro atoms. The second-order valence-corrected chi connectivity index (χ2v) is 31.3. The fourth-order valence-corrected chi connectivity index (χ4v) is 19.8. The van der Waals surface area contributed by atoms with E-state index in [0.29, 0.717) is 79.9 Å². The molecule has 0 fully saturated rings. The number of benzene rings is 16. The van der Waals surface area contributed by atoms with Gasteiger partial charge in [0, 0.05) is 75.8 Å². The highest BCUT2D eigenvalue weighted by Gasteiger charge is 2.51. The van der Waals surface area contributed by atoms with Gasteiger partial charge in [0.1, 0.15) is 11.5 Å². The van der Waals surface area contributed by atoms with Crippen molar-refractivity contribution in [3.05, 3.63) is 455 Å². The smallest absolute Gasteiger partial charge is 0.212 e. The molecule has 20 aromatic rings. The van der Waals surface area contributed by atoms with E-state index in [2.05, 4.69) is 207 Å². The lowest BCUT2D eigenvalue weighted by molar-refractivity contribution is 0.434. The summed E-state index contributed by atoms with van der Waals surface area (Å²) in [6.45, 7) is 17.3. The van der Waals surface area contributed by atoms with E-state index >= 15 is 0 Å². The average molecular weight is 1580 g/mol. The molecule has 122 heavy (non-hydrogen) atoms. The highest BCUT2D eigenvalue weighted by molar-refractivity contribution is 7.99. The number of fused-ring (bicyclic) bond motifs is 17. The second kappa shape index (κ2) is 29.2. The minimum absolute atomic E-state index is 0.296. The molecule has 13 nitrogen and oxygen atoms in total. The summed E-state index contributed by atoms with van der Waals surface area (Å²) in [5, 5.41) is 26.2. The van der Waals surface area contributed by atoms with Gasteiger partial charge in [-0.25, -0.2) is 39.6 Å². The molecule has 566 valence electrons. The number of hydrogen-bond donors (Lipinski definition) is 0. The molecule has 0 amide bonds. The summed E-state index contributed by atoms with van der Waals surface area (Å²) in [5.41, 5.74) is 20.4. The predicted octanol–water partition coefficient (Wildman–Crippen LogP) is 26.1. The number of aromatic nitrogens is 8. The van der Waals surface area contributed by atoms with Gasteiger partial charge in [-0.15, -0.1) is 0 Å². The summed E-state index contributed by atoms with van der Waals surface area (Å²) in [7, 11) is 0. The van der Waals surface area contributed by atoms with Gasteiger partial charge in [0.15, 0.2) is 34.9 Å². The SMILES string of the molecule is [C-]#[N+]c1cc(-c2nc(-c3ccccc3)nc(-c3ccccc3)n2)cc(C#N)c1-n1c2ccccc2c2cc3c(cc21)C1(c2ccccc2Sc2ccccc21)c1ccccc1-3.[C-]#[N+]c1cc(-c2nc(-c3ccccc3)nc(-c3ccccc3)n2)cc(C#N)c1-n1c2ccccc2c2ccc(C3(c4ccccc4)c4ccccc4Oc4ccccc43)cc21. The van der Waals surface area contributed by atoms with Gasteiger partial charge in [0.25, 0.3) is 0 Å². The maximum absolute atomic E-state index is 11.1. The number of para-hydroxylation sites is 4. The van der Waals surface area contributed by atoms with Gasteiger partial charge in [-0.2, -0.15) is 10.5 Å². The molecule has 4 aromatic heterocycles. The van der Waals surface area contributed by atoms with Crippen LogP contribution < -0.4 is 4.74 Å². The molecule has 0 N–H and O–H groups in total.